The van der Waals surface area contributed by atoms with Gasteiger partial charge in [0.05, 0.1) is 0 Å². The molecule has 2 atom stereocenters. The fraction of sp³-hybridized carbons (Fsp3) is 0.450. The van der Waals surface area contributed by atoms with Gasteiger partial charge in [0.25, 0.3) is 5.56 Å². The number of hydrogen-bond acceptors (Lipinski definition) is 4. The molecule has 2 aliphatic heterocycles. The second-order valence-corrected chi connectivity index (χ2v) is 7.25. The van der Waals surface area contributed by atoms with Gasteiger partial charge in [0.2, 0.25) is 5.91 Å². The number of anilines is 2. The lowest BCUT2D eigenvalue weighted by Gasteiger charge is -2.37. The number of carbonyl (C=O) groups excluding carboxylic acids is 1. The van der Waals surface area contributed by atoms with E-state index >= 15 is 0 Å². The summed E-state index contributed by atoms with van der Waals surface area (Å²) >= 11 is 0. The van der Waals surface area contributed by atoms with Crippen molar-refractivity contribution in [2.45, 2.75) is 44.7 Å². The lowest BCUT2D eigenvalue weighted by molar-refractivity contribution is -0.135. The highest BCUT2D eigenvalue weighted by Gasteiger charge is 2.39. The number of benzene rings is 1. The summed E-state index contributed by atoms with van der Waals surface area (Å²) in [5, 5.41) is 4.41. The normalized spacial score (nSPS) is 22.4. The number of fused-ring (bicyclic) bond motifs is 1. The molecule has 2 aliphatic rings. The molecule has 0 bridgehead atoms. The van der Waals surface area contributed by atoms with Crippen LogP contribution in [0.25, 0.3) is 0 Å². The standard InChI is InChI=1S/C20H24N4O2/c1-14-7-5-6-12-23(14)20(26)17-13-15-8-3-4-9-16(15)24(17)18-10-11-19(25)22(2)21-18/h3-4,8-11,14,17H,5-7,12-13H2,1-2H3/t14?,17-/m0/s1. The lowest BCUT2D eigenvalue weighted by atomic mass is 10.0. The van der Waals surface area contributed by atoms with Crippen LogP contribution in [0, 0.1) is 0 Å². The van der Waals surface area contributed by atoms with Gasteiger partial charge in [0, 0.05) is 37.8 Å². The van der Waals surface area contributed by atoms with E-state index in [1.165, 1.54) is 17.2 Å². The quantitative estimate of drug-likeness (QED) is 0.832. The van der Waals surface area contributed by atoms with Crippen LogP contribution in [0.4, 0.5) is 11.5 Å². The molecule has 1 aromatic carbocycles. The fourth-order valence-electron chi connectivity index (χ4n) is 4.10. The highest BCUT2D eigenvalue weighted by atomic mass is 16.2. The van der Waals surface area contributed by atoms with Crippen molar-refractivity contribution in [1.29, 1.82) is 0 Å². The molecular weight excluding hydrogens is 328 g/mol. The van der Waals surface area contributed by atoms with E-state index in [1.807, 2.05) is 28.0 Å². The van der Waals surface area contributed by atoms with E-state index in [1.54, 1.807) is 13.1 Å². The molecule has 26 heavy (non-hydrogen) atoms. The average molecular weight is 352 g/mol. The first-order chi connectivity index (χ1) is 12.6. The Morgan fingerprint density at radius 1 is 1.15 bits per heavy atom. The van der Waals surface area contributed by atoms with Gasteiger partial charge in [-0.2, -0.15) is 5.10 Å². The van der Waals surface area contributed by atoms with E-state index in [9.17, 15) is 9.59 Å². The Morgan fingerprint density at radius 3 is 2.73 bits per heavy atom. The minimum absolute atomic E-state index is 0.157. The van der Waals surface area contributed by atoms with Crippen LogP contribution in [0.3, 0.4) is 0 Å². The first kappa shape index (κ1) is 16.8. The maximum atomic E-state index is 13.4. The zero-order valence-corrected chi connectivity index (χ0v) is 15.3. The molecule has 6 heteroatoms. The van der Waals surface area contributed by atoms with E-state index < -0.39 is 0 Å². The van der Waals surface area contributed by atoms with E-state index in [0.29, 0.717) is 12.2 Å². The topological polar surface area (TPSA) is 58.4 Å². The van der Waals surface area contributed by atoms with Crippen molar-refractivity contribution in [3.05, 3.63) is 52.3 Å². The molecule has 6 nitrogen and oxygen atoms in total. The number of nitrogens with zero attached hydrogens (tertiary/aromatic N) is 4. The molecule has 0 radical (unpaired) electrons. The third-order valence-electron chi connectivity index (χ3n) is 5.54. The van der Waals surface area contributed by atoms with Crippen LogP contribution in [0.15, 0.2) is 41.2 Å². The summed E-state index contributed by atoms with van der Waals surface area (Å²) in [7, 11) is 1.64. The van der Waals surface area contributed by atoms with Crippen LogP contribution in [0.2, 0.25) is 0 Å². The molecule has 2 aromatic rings. The molecule has 0 aliphatic carbocycles. The van der Waals surface area contributed by atoms with Crippen LogP contribution in [0.1, 0.15) is 31.7 Å². The molecular formula is C20H24N4O2. The van der Waals surface area contributed by atoms with Gasteiger partial charge in [-0.3, -0.25) is 9.59 Å². The van der Waals surface area contributed by atoms with Gasteiger partial charge in [-0.25, -0.2) is 4.68 Å². The Bertz CT molecular complexity index is 891. The molecule has 1 saturated heterocycles. The van der Waals surface area contributed by atoms with Crippen LogP contribution >= 0.6 is 0 Å². The zero-order valence-electron chi connectivity index (χ0n) is 15.3. The van der Waals surface area contributed by atoms with Crippen LogP contribution in [-0.4, -0.2) is 39.2 Å². The predicted octanol–water partition coefficient (Wildman–Crippen LogP) is 2.24. The fourth-order valence-corrected chi connectivity index (χ4v) is 4.10. The van der Waals surface area contributed by atoms with Gasteiger partial charge in [-0.05, 0) is 43.9 Å². The Hall–Kier alpha value is -2.63. The van der Waals surface area contributed by atoms with Crippen molar-refractivity contribution in [2.24, 2.45) is 7.05 Å². The number of para-hydroxylation sites is 1. The minimum Gasteiger partial charge on any atom is -0.338 e. The summed E-state index contributed by atoms with van der Waals surface area (Å²) in [6.45, 7) is 2.95. The summed E-state index contributed by atoms with van der Waals surface area (Å²) in [6, 6.07) is 11.3. The monoisotopic (exact) mass is 352 g/mol. The minimum atomic E-state index is -0.307. The van der Waals surface area contributed by atoms with Gasteiger partial charge in [-0.15, -0.1) is 0 Å². The largest absolute Gasteiger partial charge is 0.338 e. The Labute approximate surface area is 153 Å². The van der Waals surface area contributed by atoms with E-state index in [4.69, 9.17) is 0 Å². The number of amides is 1. The number of piperidine rings is 1. The molecule has 1 amide bonds. The summed E-state index contributed by atoms with van der Waals surface area (Å²) < 4.78 is 1.32. The number of hydrogen-bond donors (Lipinski definition) is 0. The SMILES string of the molecule is CC1CCCCN1C(=O)[C@@H]1Cc2ccccc2N1c1ccc(=O)n(C)n1. The summed E-state index contributed by atoms with van der Waals surface area (Å²) in [6.07, 6.45) is 3.97. The van der Waals surface area contributed by atoms with Crippen molar-refractivity contribution < 1.29 is 4.79 Å². The van der Waals surface area contributed by atoms with Crippen molar-refractivity contribution >= 4 is 17.4 Å². The molecule has 3 heterocycles. The summed E-state index contributed by atoms with van der Waals surface area (Å²) in [4.78, 5) is 29.2. The van der Waals surface area contributed by atoms with E-state index in [2.05, 4.69) is 18.1 Å². The number of aryl methyl sites for hydroxylation is 1. The number of likely N-dealkylation sites (tertiary alicyclic amines) is 1. The third-order valence-corrected chi connectivity index (χ3v) is 5.54. The van der Waals surface area contributed by atoms with Gasteiger partial charge < -0.3 is 9.80 Å². The Morgan fingerprint density at radius 2 is 1.96 bits per heavy atom. The lowest BCUT2D eigenvalue weighted by Crippen LogP contribution is -2.51. The number of aromatic nitrogens is 2. The van der Waals surface area contributed by atoms with Gasteiger partial charge in [-0.1, -0.05) is 18.2 Å². The Kier molecular flexibility index (Phi) is 4.26. The molecule has 1 aromatic heterocycles. The molecule has 0 saturated carbocycles. The number of rotatable bonds is 2. The third kappa shape index (κ3) is 2.79. The molecule has 1 unspecified atom stereocenters. The van der Waals surface area contributed by atoms with E-state index in [0.717, 1.165) is 30.6 Å². The van der Waals surface area contributed by atoms with Crippen LogP contribution < -0.4 is 10.5 Å². The highest BCUT2D eigenvalue weighted by molar-refractivity contribution is 5.91. The molecule has 0 spiro atoms. The molecule has 0 N–H and O–H groups in total. The summed E-state index contributed by atoms with van der Waals surface area (Å²) in [5.41, 5.74) is 1.99. The summed E-state index contributed by atoms with van der Waals surface area (Å²) in [5.74, 6) is 0.795. The average Bonchev–Trinajstić information content (AvgIpc) is 3.03. The maximum absolute atomic E-state index is 13.4. The molecule has 136 valence electrons. The molecule has 4 rings (SSSR count). The van der Waals surface area contributed by atoms with Crippen molar-refractivity contribution in [3.63, 3.8) is 0 Å². The smallest absolute Gasteiger partial charge is 0.266 e. The zero-order chi connectivity index (χ0) is 18.3. The first-order valence-corrected chi connectivity index (χ1v) is 9.28. The number of carbonyl (C=O) groups is 1. The van der Waals surface area contributed by atoms with E-state index in [-0.39, 0.29) is 23.6 Å². The van der Waals surface area contributed by atoms with Gasteiger partial charge in [0.1, 0.15) is 6.04 Å². The second-order valence-electron chi connectivity index (χ2n) is 7.25. The van der Waals surface area contributed by atoms with Crippen molar-refractivity contribution in [2.75, 3.05) is 11.4 Å². The van der Waals surface area contributed by atoms with Crippen molar-refractivity contribution in [1.82, 2.24) is 14.7 Å². The van der Waals surface area contributed by atoms with Crippen LogP contribution in [-0.2, 0) is 18.3 Å². The van der Waals surface area contributed by atoms with Crippen molar-refractivity contribution in [3.8, 4) is 0 Å². The Balaban J connectivity index is 1.74. The van der Waals surface area contributed by atoms with Crippen LogP contribution in [0.5, 0.6) is 0 Å². The second kappa shape index (κ2) is 6.59. The highest BCUT2D eigenvalue weighted by Crippen LogP contribution is 2.38. The van der Waals surface area contributed by atoms with Gasteiger partial charge >= 0.3 is 0 Å². The van der Waals surface area contributed by atoms with Gasteiger partial charge in [0.15, 0.2) is 5.82 Å². The molecule has 1 fully saturated rings. The predicted molar refractivity (Wildman–Crippen MR) is 101 cm³/mol. The maximum Gasteiger partial charge on any atom is 0.266 e. The first-order valence-electron chi connectivity index (χ1n) is 9.28.